The Bertz CT molecular complexity index is 1250. The smallest absolute Gasteiger partial charge is 0.472 e. The van der Waals surface area contributed by atoms with Gasteiger partial charge in [0.2, 0.25) is 5.91 Å². The van der Waals surface area contributed by atoms with Gasteiger partial charge in [-0.2, -0.15) is 0 Å². The topological polar surface area (TPSA) is 169 Å². The monoisotopic (exact) mass is 866 g/mol. The predicted molar refractivity (Wildman–Crippen MR) is 245 cm³/mol. The SMILES string of the molecule is CC/C=C\C/C=C\C/C=C\C/C=C\C/C=C\CCCC(=O)OCC(O)COP(=O)(O)OCC(NC(=O)CCCCCCCCCCCCCCCCCCCCC)C(=O)O. The van der Waals surface area contributed by atoms with E-state index in [-0.39, 0.29) is 12.8 Å². The van der Waals surface area contributed by atoms with Gasteiger partial charge in [0.1, 0.15) is 12.7 Å². The lowest BCUT2D eigenvalue weighted by Gasteiger charge is -2.18. The Morgan fingerprint density at radius 2 is 0.967 bits per heavy atom. The van der Waals surface area contributed by atoms with Gasteiger partial charge < -0.3 is 25.2 Å². The standard InChI is InChI=1S/C48H84NO10P/c1-3-5-7-9-11-13-15-17-19-21-22-24-25-27-29-31-33-35-37-39-46(51)49-45(48(53)54)43-59-60(55,56)58-42-44(50)41-57-47(52)40-38-36-34-32-30-28-26-23-20-18-16-14-12-10-8-6-4-2/h6,8,12,14,18,20,26,28,32,34,44-45,50H,3-5,7,9-11,13,15-17,19,21-25,27,29-31,33,35-43H2,1-2H3,(H,49,51)(H,53,54)(H,55,56)/b8-6-,14-12-,20-18-,28-26-,34-32-. The number of rotatable bonds is 43. The molecule has 0 saturated heterocycles. The zero-order valence-electron chi connectivity index (χ0n) is 37.5. The van der Waals surface area contributed by atoms with E-state index in [1.54, 1.807) is 0 Å². The van der Waals surface area contributed by atoms with Gasteiger partial charge >= 0.3 is 19.8 Å². The highest BCUT2D eigenvalue weighted by molar-refractivity contribution is 7.47. The van der Waals surface area contributed by atoms with Gasteiger partial charge in [-0.15, -0.1) is 0 Å². The summed E-state index contributed by atoms with van der Waals surface area (Å²) >= 11 is 0. The molecule has 0 aromatic rings. The highest BCUT2D eigenvalue weighted by Crippen LogP contribution is 2.43. The third-order valence-corrected chi connectivity index (χ3v) is 10.8. The van der Waals surface area contributed by atoms with Crippen molar-refractivity contribution < 1.29 is 47.8 Å². The number of aliphatic carboxylic acids is 1. The van der Waals surface area contributed by atoms with Crippen LogP contribution in [-0.4, -0.2) is 64.9 Å². The number of unbranched alkanes of at least 4 members (excludes halogenated alkanes) is 19. The minimum Gasteiger partial charge on any atom is -0.480 e. The van der Waals surface area contributed by atoms with E-state index in [1.807, 2.05) is 12.2 Å². The van der Waals surface area contributed by atoms with E-state index in [0.717, 1.165) is 51.4 Å². The molecule has 0 aliphatic carbocycles. The Balaban J connectivity index is 3.93. The van der Waals surface area contributed by atoms with Crippen molar-refractivity contribution in [2.24, 2.45) is 0 Å². The van der Waals surface area contributed by atoms with Crippen LogP contribution >= 0.6 is 7.82 Å². The van der Waals surface area contributed by atoms with Gasteiger partial charge in [-0.3, -0.25) is 18.6 Å². The van der Waals surface area contributed by atoms with Gasteiger partial charge in [0.15, 0.2) is 6.04 Å². The number of ether oxygens (including phenoxy) is 1. The van der Waals surface area contributed by atoms with E-state index < -0.39 is 57.6 Å². The van der Waals surface area contributed by atoms with Crippen LogP contribution in [0.5, 0.6) is 0 Å². The van der Waals surface area contributed by atoms with Crippen molar-refractivity contribution in [2.45, 2.75) is 206 Å². The van der Waals surface area contributed by atoms with E-state index in [1.165, 1.54) is 96.3 Å². The molecule has 1 amide bonds. The first kappa shape index (κ1) is 57.2. The number of carboxylic acid groups (broad SMARTS) is 1. The maximum Gasteiger partial charge on any atom is 0.472 e. The minimum atomic E-state index is -4.77. The van der Waals surface area contributed by atoms with Crippen molar-refractivity contribution in [3.63, 3.8) is 0 Å². The molecular formula is C48H84NO10P. The number of aliphatic hydroxyl groups excluding tert-OH is 1. The van der Waals surface area contributed by atoms with Crippen LogP contribution in [-0.2, 0) is 32.7 Å². The van der Waals surface area contributed by atoms with E-state index >= 15 is 0 Å². The summed E-state index contributed by atoms with van der Waals surface area (Å²) in [7, 11) is -4.77. The third-order valence-electron chi connectivity index (χ3n) is 9.82. The van der Waals surface area contributed by atoms with Crippen LogP contribution in [0.4, 0.5) is 0 Å². The molecule has 0 aliphatic rings. The summed E-state index contributed by atoms with van der Waals surface area (Å²) in [5.41, 5.74) is 0. The van der Waals surface area contributed by atoms with Crippen LogP contribution in [0, 0.1) is 0 Å². The molecule has 12 heteroatoms. The molecule has 4 N–H and O–H groups in total. The molecule has 0 rings (SSSR count). The van der Waals surface area contributed by atoms with Gasteiger partial charge in [-0.05, 0) is 51.4 Å². The number of allylic oxidation sites excluding steroid dienone is 10. The molecule has 11 nitrogen and oxygen atoms in total. The lowest BCUT2D eigenvalue weighted by atomic mass is 10.0. The Morgan fingerprint density at radius 1 is 0.550 bits per heavy atom. The summed E-state index contributed by atoms with van der Waals surface area (Å²) in [6, 6.07) is -1.55. The number of aliphatic hydroxyl groups is 1. The lowest BCUT2D eigenvalue weighted by Crippen LogP contribution is -2.43. The van der Waals surface area contributed by atoms with Gasteiger partial charge in [0.25, 0.3) is 0 Å². The summed E-state index contributed by atoms with van der Waals surface area (Å²) in [6.45, 7) is 2.44. The Kier molecular flexibility index (Phi) is 40.8. The van der Waals surface area contributed by atoms with Gasteiger partial charge in [-0.25, -0.2) is 9.36 Å². The molecule has 0 bridgehead atoms. The maximum atomic E-state index is 12.3. The quantitative estimate of drug-likeness (QED) is 0.0200. The van der Waals surface area contributed by atoms with Gasteiger partial charge in [0.05, 0.1) is 13.2 Å². The van der Waals surface area contributed by atoms with Crippen molar-refractivity contribution in [1.29, 1.82) is 0 Å². The molecule has 60 heavy (non-hydrogen) atoms. The summed E-state index contributed by atoms with van der Waals surface area (Å²) in [4.78, 5) is 46.0. The number of phosphoric ester groups is 1. The van der Waals surface area contributed by atoms with Crippen molar-refractivity contribution in [1.82, 2.24) is 5.32 Å². The average Bonchev–Trinajstić information content (AvgIpc) is 3.22. The Hall–Kier alpha value is -2.82. The molecule has 0 aromatic carbocycles. The first-order chi connectivity index (χ1) is 29.1. The number of hydrogen-bond donors (Lipinski definition) is 4. The average molecular weight is 866 g/mol. The zero-order chi connectivity index (χ0) is 44.2. The van der Waals surface area contributed by atoms with Crippen LogP contribution in [0.25, 0.3) is 0 Å². The minimum absolute atomic E-state index is 0.143. The van der Waals surface area contributed by atoms with Crippen LogP contribution in [0.3, 0.4) is 0 Å². The number of esters is 1. The number of carbonyl (C=O) groups is 3. The van der Waals surface area contributed by atoms with Crippen LogP contribution in [0.2, 0.25) is 0 Å². The van der Waals surface area contributed by atoms with Crippen molar-refractivity contribution in [2.75, 3.05) is 19.8 Å². The molecule has 0 saturated carbocycles. The molecule has 0 fully saturated rings. The van der Waals surface area contributed by atoms with Crippen LogP contribution in [0.1, 0.15) is 194 Å². The fourth-order valence-electron chi connectivity index (χ4n) is 6.23. The zero-order valence-corrected chi connectivity index (χ0v) is 38.4. The molecule has 0 aliphatic heterocycles. The van der Waals surface area contributed by atoms with E-state index in [4.69, 9.17) is 13.8 Å². The van der Waals surface area contributed by atoms with E-state index in [2.05, 4.69) is 67.8 Å². The van der Waals surface area contributed by atoms with Crippen molar-refractivity contribution in [3.8, 4) is 0 Å². The summed E-state index contributed by atoms with van der Waals surface area (Å²) < 4.78 is 26.8. The highest BCUT2D eigenvalue weighted by atomic mass is 31.2. The fourth-order valence-corrected chi connectivity index (χ4v) is 7.01. The molecule has 0 heterocycles. The van der Waals surface area contributed by atoms with Crippen LogP contribution < -0.4 is 5.32 Å². The number of hydrogen-bond acceptors (Lipinski definition) is 8. The lowest BCUT2D eigenvalue weighted by molar-refractivity contribution is -0.147. The number of amides is 1. The van der Waals surface area contributed by atoms with Gasteiger partial charge in [-0.1, -0.05) is 190 Å². The second kappa shape index (κ2) is 42.9. The largest absolute Gasteiger partial charge is 0.480 e. The normalized spacial score (nSPS) is 14.2. The molecule has 3 atom stereocenters. The second-order valence-electron chi connectivity index (χ2n) is 15.6. The molecule has 0 aromatic heterocycles. The molecule has 346 valence electrons. The molecule has 0 spiro atoms. The first-order valence-electron chi connectivity index (χ1n) is 23.3. The first-order valence-corrected chi connectivity index (χ1v) is 24.8. The van der Waals surface area contributed by atoms with E-state index in [0.29, 0.717) is 19.3 Å². The molecule has 3 unspecified atom stereocenters. The van der Waals surface area contributed by atoms with Gasteiger partial charge in [0, 0.05) is 12.8 Å². The Morgan fingerprint density at radius 3 is 1.42 bits per heavy atom. The Labute approximate surface area is 364 Å². The predicted octanol–water partition coefficient (Wildman–Crippen LogP) is 12.3. The van der Waals surface area contributed by atoms with Crippen LogP contribution in [0.15, 0.2) is 60.8 Å². The number of phosphoric acid groups is 1. The summed E-state index contributed by atoms with van der Waals surface area (Å²) in [5.74, 6) is -2.43. The number of nitrogens with one attached hydrogen (secondary N) is 1. The van der Waals surface area contributed by atoms with Crippen molar-refractivity contribution >= 4 is 25.7 Å². The van der Waals surface area contributed by atoms with E-state index in [9.17, 15) is 34.1 Å². The fraction of sp³-hybridized carbons (Fsp3) is 0.729. The third kappa shape index (κ3) is 41.9. The maximum absolute atomic E-state index is 12.3. The van der Waals surface area contributed by atoms with Crippen molar-refractivity contribution in [3.05, 3.63) is 60.8 Å². The second-order valence-corrected chi connectivity index (χ2v) is 17.0. The molecule has 0 radical (unpaired) electrons. The highest BCUT2D eigenvalue weighted by Gasteiger charge is 2.28. The summed E-state index contributed by atoms with van der Waals surface area (Å²) in [6.07, 6.45) is 49.6. The number of carboxylic acids is 1. The summed E-state index contributed by atoms with van der Waals surface area (Å²) in [5, 5.41) is 21.9. The molecular weight excluding hydrogens is 781 g/mol. The number of carbonyl (C=O) groups excluding carboxylic acids is 2.